The quantitative estimate of drug-likeness (QED) is 0.480. The smallest absolute Gasteiger partial charge is 0.351 e. The lowest BCUT2D eigenvalue weighted by atomic mass is 10.1. The summed E-state index contributed by atoms with van der Waals surface area (Å²) in [5.74, 6) is -0.0695. The first-order chi connectivity index (χ1) is 9.53. The van der Waals surface area contributed by atoms with Gasteiger partial charge in [0.05, 0.1) is 13.2 Å². The number of nitrogens with two attached hydrogens (primary N) is 1. The van der Waals surface area contributed by atoms with Crippen LogP contribution in [0.25, 0.3) is 0 Å². The molecule has 1 saturated heterocycles. The number of aromatic nitrogens is 2. The number of nitrogens with zero attached hydrogens (tertiary/aromatic N) is 2. The highest BCUT2D eigenvalue weighted by Crippen LogP contribution is 2.30. The van der Waals surface area contributed by atoms with Crippen molar-refractivity contribution in [2.24, 2.45) is 0 Å². The van der Waals surface area contributed by atoms with E-state index in [0.29, 0.717) is 0 Å². The fourth-order valence-electron chi connectivity index (χ4n) is 2.17. The Bertz CT molecular complexity index is 533. The van der Waals surface area contributed by atoms with Crippen molar-refractivity contribution < 1.29 is 24.8 Å². The number of rotatable bonds is 4. The molecule has 0 saturated carbocycles. The Kier molecular flexibility index (Phi) is 4.35. The standard InChI is InChI=1S/C11H17N3O6/c1-19-8-7(17)6(4-16)20-10(8)14-2-5(3-15)9(12)13-11(14)18/h2,6-8,10,15-17H,3-4H2,1H3,(H2,12,13,18)/t6-,7-,8-,10-/m1/s1. The van der Waals surface area contributed by atoms with Gasteiger partial charge in [-0.3, -0.25) is 4.57 Å². The maximum Gasteiger partial charge on any atom is 0.351 e. The van der Waals surface area contributed by atoms with E-state index < -0.39 is 43.4 Å². The van der Waals surface area contributed by atoms with Gasteiger partial charge in [-0.25, -0.2) is 4.79 Å². The van der Waals surface area contributed by atoms with E-state index in [4.69, 9.17) is 25.4 Å². The number of ether oxygens (including phenoxy) is 2. The third kappa shape index (κ3) is 2.41. The number of aliphatic hydroxyl groups excluding tert-OH is 3. The molecule has 9 nitrogen and oxygen atoms in total. The normalized spacial score (nSPS) is 29.8. The SMILES string of the molecule is CO[C@@H]1[C@H](O)[C@@H](CO)O[C@H]1n1cc(CO)c(N)nc1=O. The largest absolute Gasteiger partial charge is 0.394 e. The van der Waals surface area contributed by atoms with Crippen molar-refractivity contribution in [3.63, 3.8) is 0 Å². The van der Waals surface area contributed by atoms with Gasteiger partial charge in [0.25, 0.3) is 0 Å². The molecule has 4 atom stereocenters. The Labute approximate surface area is 114 Å². The van der Waals surface area contributed by atoms with Crippen molar-refractivity contribution in [2.45, 2.75) is 31.1 Å². The summed E-state index contributed by atoms with van der Waals surface area (Å²) in [7, 11) is 1.35. The molecule has 2 heterocycles. The van der Waals surface area contributed by atoms with Gasteiger partial charge in [-0.05, 0) is 0 Å². The van der Waals surface area contributed by atoms with Gasteiger partial charge >= 0.3 is 5.69 Å². The first-order valence-electron chi connectivity index (χ1n) is 5.99. The number of hydrogen-bond donors (Lipinski definition) is 4. The molecular formula is C11H17N3O6. The Morgan fingerprint density at radius 3 is 2.80 bits per heavy atom. The topological polar surface area (TPSA) is 140 Å². The molecule has 0 spiro atoms. The van der Waals surface area contributed by atoms with Crippen molar-refractivity contribution in [3.05, 3.63) is 22.2 Å². The summed E-state index contributed by atoms with van der Waals surface area (Å²) in [6.07, 6.45) is -2.46. The van der Waals surface area contributed by atoms with Gasteiger partial charge in [-0.15, -0.1) is 0 Å². The van der Waals surface area contributed by atoms with Gasteiger partial charge in [-0.2, -0.15) is 4.98 Å². The highest BCUT2D eigenvalue weighted by Gasteiger charge is 2.45. The van der Waals surface area contributed by atoms with Crippen molar-refractivity contribution >= 4 is 5.82 Å². The number of nitrogen functional groups attached to an aromatic ring is 1. The first-order valence-corrected chi connectivity index (χ1v) is 5.99. The van der Waals surface area contributed by atoms with E-state index in [0.717, 1.165) is 4.57 Å². The van der Waals surface area contributed by atoms with Crippen LogP contribution < -0.4 is 11.4 Å². The van der Waals surface area contributed by atoms with Crippen LogP contribution in [0.15, 0.2) is 11.0 Å². The Morgan fingerprint density at radius 2 is 2.25 bits per heavy atom. The lowest BCUT2D eigenvalue weighted by Crippen LogP contribution is -2.37. The summed E-state index contributed by atoms with van der Waals surface area (Å²) in [6.45, 7) is -0.809. The minimum absolute atomic E-state index is 0.0695. The van der Waals surface area contributed by atoms with Gasteiger partial charge in [0, 0.05) is 18.9 Å². The highest BCUT2D eigenvalue weighted by atomic mass is 16.6. The molecule has 112 valence electrons. The van der Waals surface area contributed by atoms with E-state index in [-0.39, 0.29) is 11.4 Å². The minimum atomic E-state index is -1.09. The molecule has 0 bridgehead atoms. The molecule has 1 fully saturated rings. The number of aliphatic hydroxyl groups is 3. The van der Waals surface area contributed by atoms with Crippen LogP contribution in [0.5, 0.6) is 0 Å². The zero-order valence-corrected chi connectivity index (χ0v) is 10.8. The van der Waals surface area contributed by atoms with Crippen molar-refractivity contribution in [2.75, 3.05) is 19.5 Å². The van der Waals surface area contributed by atoms with Gasteiger partial charge in [-0.1, -0.05) is 0 Å². The van der Waals surface area contributed by atoms with Gasteiger partial charge < -0.3 is 30.5 Å². The predicted molar refractivity (Wildman–Crippen MR) is 66.6 cm³/mol. The molecule has 0 aromatic carbocycles. The Balaban J connectivity index is 2.42. The maximum absolute atomic E-state index is 11.9. The fourth-order valence-corrected chi connectivity index (χ4v) is 2.17. The van der Waals surface area contributed by atoms with Crippen LogP contribution in [0, 0.1) is 0 Å². The molecule has 0 unspecified atom stereocenters. The fraction of sp³-hybridized carbons (Fsp3) is 0.636. The molecule has 1 aromatic rings. The molecule has 0 aliphatic carbocycles. The van der Waals surface area contributed by atoms with E-state index in [2.05, 4.69) is 4.98 Å². The van der Waals surface area contributed by atoms with Crippen molar-refractivity contribution in [3.8, 4) is 0 Å². The summed E-state index contributed by atoms with van der Waals surface area (Å²) in [5.41, 5.74) is 5.06. The number of methoxy groups -OCH3 is 1. The van der Waals surface area contributed by atoms with E-state index in [9.17, 15) is 9.90 Å². The lowest BCUT2D eigenvalue weighted by Gasteiger charge is -2.21. The third-order valence-electron chi connectivity index (χ3n) is 3.27. The lowest BCUT2D eigenvalue weighted by molar-refractivity contribution is -0.0626. The van der Waals surface area contributed by atoms with Crippen LogP contribution in [0.4, 0.5) is 5.82 Å². The first kappa shape index (κ1) is 14.9. The minimum Gasteiger partial charge on any atom is -0.394 e. The second-order valence-electron chi connectivity index (χ2n) is 4.44. The highest BCUT2D eigenvalue weighted by molar-refractivity contribution is 5.36. The molecule has 0 amide bonds. The van der Waals surface area contributed by atoms with Crippen LogP contribution in [-0.4, -0.2) is 56.9 Å². The molecule has 1 aromatic heterocycles. The molecule has 5 N–H and O–H groups in total. The van der Waals surface area contributed by atoms with Gasteiger partial charge in [0.1, 0.15) is 24.1 Å². The summed E-state index contributed by atoms with van der Waals surface area (Å²) < 4.78 is 11.6. The summed E-state index contributed by atoms with van der Waals surface area (Å²) >= 11 is 0. The van der Waals surface area contributed by atoms with Crippen LogP contribution in [0.3, 0.4) is 0 Å². The molecule has 20 heavy (non-hydrogen) atoms. The zero-order chi connectivity index (χ0) is 14.9. The van der Waals surface area contributed by atoms with Crippen LogP contribution >= 0.6 is 0 Å². The average molecular weight is 287 g/mol. The summed E-state index contributed by atoms with van der Waals surface area (Å²) in [4.78, 5) is 15.4. The van der Waals surface area contributed by atoms with E-state index in [1.165, 1.54) is 13.3 Å². The monoisotopic (exact) mass is 287 g/mol. The second-order valence-corrected chi connectivity index (χ2v) is 4.44. The summed E-state index contributed by atoms with van der Waals surface area (Å²) in [5, 5.41) is 28.2. The van der Waals surface area contributed by atoms with Crippen LogP contribution in [0.2, 0.25) is 0 Å². The molecule has 9 heteroatoms. The predicted octanol–water partition coefficient (Wildman–Crippen LogP) is -2.42. The maximum atomic E-state index is 11.9. The second kappa shape index (κ2) is 5.85. The molecule has 1 aliphatic heterocycles. The average Bonchev–Trinajstić information content (AvgIpc) is 2.75. The third-order valence-corrected chi connectivity index (χ3v) is 3.27. The number of anilines is 1. The van der Waals surface area contributed by atoms with E-state index in [1.807, 2.05) is 0 Å². The van der Waals surface area contributed by atoms with Gasteiger partial charge in [0.2, 0.25) is 0 Å². The molecule has 0 radical (unpaired) electrons. The zero-order valence-electron chi connectivity index (χ0n) is 10.8. The molecular weight excluding hydrogens is 270 g/mol. The summed E-state index contributed by atoms with van der Waals surface area (Å²) in [6, 6.07) is 0. The molecule has 1 aliphatic rings. The van der Waals surface area contributed by atoms with E-state index >= 15 is 0 Å². The number of hydrogen-bond acceptors (Lipinski definition) is 8. The Hall–Kier alpha value is -1.52. The van der Waals surface area contributed by atoms with Crippen LogP contribution in [0.1, 0.15) is 11.8 Å². The Morgan fingerprint density at radius 1 is 1.55 bits per heavy atom. The van der Waals surface area contributed by atoms with Crippen molar-refractivity contribution in [1.82, 2.24) is 9.55 Å². The molecule has 2 rings (SSSR count). The van der Waals surface area contributed by atoms with Gasteiger partial charge in [0.15, 0.2) is 6.23 Å². The van der Waals surface area contributed by atoms with E-state index in [1.54, 1.807) is 0 Å². The van der Waals surface area contributed by atoms with Crippen LogP contribution in [-0.2, 0) is 16.1 Å². The van der Waals surface area contributed by atoms with Crippen molar-refractivity contribution in [1.29, 1.82) is 0 Å².